The standard InChI is InChI=1S/C11H5FN2/c12-11-7-9(3-1-2-6-13)4-5-10(11)8-14/h4-5,7H,2H2. The number of hydrogen-bond acceptors (Lipinski definition) is 2. The van der Waals surface area contributed by atoms with E-state index in [2.05, 4.69) is 11.8 Å². The van der Waals surface area contributed by atoms with E-state index in [9.17, 15) is 4.39 Å². The van der Waals surface area contributed by atoms with Crippen LogP contribution in [0.1, 0.15) is 17.5 Å². The maximum atomic E-state index is 13.0. The van der Waals surface area contributed by atoms with Gasteiger partial charge in [0.1, 0.15) is 11.9 Å². The maximum Gasteiger partial charge on any atom is 0.142 e. The summed E-state index contributed by atoms with van der Waals surface area (Å²) in [6, 6.07) is 7.67. The Labute approximate surface area is 81.2 Å². The van der Waals surface area contributed by atoms with Crippen molar-refractivity contribution in [2.45, 2.75) is 6.42 Å². The molecule has 0 amide bonds. The number of rotatable bonds is 0. The van der Waals surface area contributed by atoms with Crippen LogP contribution in [0.3, 0.4) is 0 Å². The Kier molecular flexibility index (Phi) is 3.25. The summed E-state index contributed by atoms with van der Waals surface area (Å²) in [4.78, 5) is 0. The molecule has 0 unspecified atom stereocenters. The lowest BCUT2D eigenvalue weighted by molar-refractivity contribution is 0.623. The van der Waals surface area contributed by atoms with E-state index in [1.807, 2.05) is 6.07 Å². The monoisotopic (exact) mass is 184 g/mol. The smallest absolute Gasteiger partial charge is 0.142 e. The minimum Gasteiger partial charge on any atom is -0.206 e. The summed E-state index contributed by atoms with van der Waals surface area (Å²) in [5.74, 6) is 4.58. The first-order chi connectivity index (χ1) is 6.77. The predicted octanol–water partition coefficient (Wildman–Crippen LogP) is 1.96. The zero-order valence-electron chi connectivity index (χ0n) is 7.21. The van der Waals surface area contributed by atoms with Gasteiger partial charge in [0.2, 0.25) is 0 Å². The van der Waals surface area contributed by atoms with E-state index >= 15 is 0 Å². The van der Waals surface area contributed by atoms with Gasteiger partial charge in [-0.1, -0.05) is 11.8 Å². The molecule has 1 aromatic carbocycles. The highest BCUT2D eigenvalue weighted by Gasteiger charge is 1.99. The van der Waals surface area contributed by atoms with Gasteiger partial charge in [-0.25, -0.2) is 4.39 Å². The molecule has 0 aliphatic heterocycles. The van der Waals surface area contributed by atoms with E-state index in [4.69, 9.17) is 10.5 Å². The van der Waals surface area contributed by atoms with Crippen LogP contribution in [0.15, 0.2) is 18.2 Å². The topological polar surface area (TPSA) is 47.6 Å². The molecule has 0 aliphatic rings. The fourth-order valence-electron chi connectivity index (χ4n) is 0.869. The number of nitriles is 2. The third-order valence-corrected chi connectivity index (χ3v) is 1.49. The molecule has 0 radical (unpaired) electrons. The Morgan fingerprint density at radius 3 is 2.64 bits per heavy atom. The van der Waals surface area contributed by atoms with Crippen LogP contribution in [-0.4, -0.2) is 0 Å². The van der Waals surface area contributed by atoms with Crippen molar-refractivity contribution < 1.29 is 4.39 Å². The van der Waals surface area contributed by atoms with E-state index < -0.39 is 5.82 Å². The van der Waals surface area contributed by atoms with E-state index in [1.54, 1.807) is 12.1 Å². The Hall–Kier alpha value is -2.31. The summed E-state index contributed by atoms with van der Waals surface area (Å²) in [5, 5.41) is 16.7. The molecule has 0 aromatic heterocycles. The van der Waals surface area contributed by atoms with Gasteiger partial charge < -0.3 is 0 Å². The number of hydrogen-bond donors (Lipinski definition) is 0. The lowest BCUT2D eigenvalue weighted by atomic mass is 10.1. The quantitative estimate of drug-likeness (QED) is 0.578. The van der Waals surface area contributed by atoms with Gasteiger partial charge in [0, 0.05) is 5.56 Å². The summed E-state index contributed by atoms with van der Waals surface area (Å²) in [6.07, 6.45) is 0.113. The van der Waals surface area contributed by atoms with E-state index in [1.165, 1.54) is 12.1 Å². The third-order valence-electron chi connectivity index (χ3n) is 1.49. The average molecular weight is 184 g/mol. The molecular formula is C11H5FN2. The third kappa shape index (κ3) is 2.34. The summed E-state index contributed by atoms with van der Waals surface area (Å²) in [6.45, 7) is 0. The molecule has 0 fully saturated rings. The highest BCUT2D eigenvalue weighted by Crippen LogP contribution is 2.08. The van der Waals surface area contributed by atoms with Crippen LogP contribution in [0.25, 0.3) is 0 Å². The van der Waals surface area contributed by atoms with Gasteiger partial charge in [-0.2, -0.15) is 10.5 Å². The average Bonchev–Trinajstić information content (AvgIpc) is 2.18. The minimum absolute atomic E-state index is 0.00386. The van der Waals surface area contributed by atoms with Crippen molar-refractivity contribution in [3.63, 3.8) is 0 Å². The maximum absolute atomic E-state index is 13.0. The second kappa shape index (κ2) is 4.65. The van der Waals surface area contributed by atoms with Crippen molar-refractivity contribution in [3.8, 4) is 24.0 Å². The van der Waals surface area contributed by atoms with Crippen LogP contribution in [0.2, 0.25) is 0 Å². The van der Waals surface area contributed by atoms with Crippen LogP contribution >= 0.6 is 0 Å². The van der Waals surface area contributed by atoms with Crippen molar-refractivity contribution in [1.29, 1.82) is 10.5 Å². The summed E-state index contributed by atoms with van der Waals surface area (Å²) >= 11 is 0. The minimum atomic E-state index is -0.587. The molecule has 0 saturated heterocycles. The Morgan fingerprint density at radius 1 is 1.29 bits per heavy atom. The summed E-state index contributed by atoms with van der Waals surface area (Å²) in [7, 11) is 0. The number of benzene rings is 1. The van der Waals surface area contributed by atoms with E-state index in [0.29, 0.717) is 5.56 Å². The number of nitrogens with zero attached hydrogens (tertiary/aromatic N) is 2. The molecule has 0 spiro atoms. The lowest BCUT2D eigenvalue weighted by Gasteiger charge is -1.92. The van der Waals surface area contributed by atoms with Crippen LogP contribution in [-0.2, 0) is 0 Å². The lowest BCUT2D eigenvalue weighted by Crippen LogP contribution is -1.84. The van der Waals surface area contributed by atoms with Crippen molar-refractivity contribution >= 4 is 0 Å². The molecule has 0 N–H and O–H groups in total. The van der Waals surface area contributed by atoms with E-state index in [-0.39, 0.29) is 12.0 Å². The molecule has 14 heavy (non-hydrogen) atoms. The Balaban J connectivity index is 2.96. The van der Waals surface area contributed by atoms with Gasteiger partial charge in [0.25, 0.3) is 0 Å². The largest absolute Gasteiger partial charge is 0.206 e. The van der Waals surface area contributed by atoms with Gasteiger partial charge in [-0.3, -0.25) is 0 Å². The normalized spacial score (nSPS) is 7.93. The molecule has 1 aromatic rings. The fourth-order valence-corrected chi connectivity index (χ4v) is 0.869. The van der Waals surface area contributed by atoms with Gasteiger partial charge in [-0.15, -0.1) is 0 Å². The van der Waals surface area contributed by atoms with E-state index in [0.717, 1.165) is 0 Å². The van der Waals surface area contributed by atoms with Gasteiger partial charge in [-0.05, 0) is 18.2 Å². The number of halogens is 1. The molecule has 2 nitrogen and oxygen atoms in total. The molecule has 66 valence electrons. The molecule has 0 aliphatic carbocycles. The molecule has 0 bridgehead atoms. The molecule has 0 atom stereocenters. The molecule has 0 heterocycles. The van der Waals surface area contributed by atoms with Crippen molar-refractivity contribution in [1.82, 2.24) is 0 Å². The van der Waals surface area contributed by atoms with Crippen LogP contribution < -0.4 is 0 Å². The molecule has 1 rings (SSSR count). The first-order valence-electron chi connectivity index (χ1n) is 3.83. The zero-order valence-corrected chi connectivity index (χ0v) is 7.21. The first kappa shape index (κ1) is 9.78. The van der Waals surface area contributed by atoms with Crippen molar-refractivity contribution in [2.24, 2.45) is 0 Å². The van der Waals surface area contributed by atoms with Gasteiger partial charge >= 0.3 is 0 Å². The van der Waals surface area contributed by atoms with Crippen molar-refractivity contribution in [3.05, 3.63) is 35.1 Å². The SMILES string of the molecule is N#CCC#Cc1ccc(C#N)c(F)c1. The Morgan fingerprint density at radius 2 is 2.07 bits per heavy atom. The predicted molar refractivity (Wildman–Crippen MR) is 48.2 cm³/mol. The Bertz CT molecular complexity index is 481. The highest BCUT2D eigenvalue weighted by molar-refractivity contribution is 5.41. The first-order valence-corrected chi connectivity index (χ1v) is 3.83. The van der Waals surface area contributed by atoms with Gasteiger partial charge in [0.15, 0.2) is 0 Å². The van der Waals surface area contributed by atoms with Crippen LogP contribution in [0, 0.1) is 40.3 Å². The summed E-state index contributed by atoms with van der Waals surface area (Å²) < 4.78 is 13.0. The molecule has 3 heteroatoms. The fraction of sp³-hybridized carbons (Fsp3) is 0.0909. The van der Waals surface area contributed by atoms with Crippen molar-refractivity contribution in [2.75, 3.05) is 0 Å². The highest BCUT2D eigenvalue weighted by atomic mass is 19.1. The zero-order chi connectivity index (χ0) is 10.4. The second-order valence-corrected chi connectivity index (χ2v) is 2.44. The van der Waals surface area contributed by atoms with Gasteiger partial charge in [0.05, 0.1) is 18.1 Å². The second-order valence-electron chi connectivity index (χ2n) is 2.44. The summed E-state index contributed by atoms with van der Waals surface area (Å²) in [5.41, 5.74) is 0.465. The molecular weight excluding hydrogens is 179 g/mol. The van der Waals surface area contributed by atoms with Crippen LogP contribution in [0.5, 0.6) is 0 Å². The van der Waals surface area contributed by atoms with Crippen LogP contribution in [0.4, 0.5) is 4.39 Å². The molecule has 0 saturated carbocycles.